The maximum atomic E-state index is 9.62. The van der Waals surface area contributed by atoms with Crippen molar-refractivity contribution in [1.29, 1.82) is 0 Å². The molecule has 0 aliphatic carbocycles. The maximum Gasteiger partial charge on any atom is 0.0731 e. The van der Waals surface area contributed by atoms with E-state index in [1.807, 2.05) is 12.2 Å². The summed E-state index contributed by atoms with van der Waals surface area (Å²) in [6.07, 6.45) is 5.42. The van der Waals surface area contributed by atoms with E-state index in [-0.39, 0.29) is 12.1 Å². The standard InChI is InChI=1S/C10H17NO/c1-3-7-11-8-5-6-10(12)9(11)4-2/h3-4,9-10,12H,1-2,5-8H2/t9-,10+/m0/s1. The Morgan fingerprint density at radius 1 is 1.50 bits per heavy atom. The number of rotatable bonds is 3. The van der Waals surface area contributed by atoms with Gasteiger partial charge in [0.1, 0.15) is 0 Å². The van der Waals surface area contributed by atoms with Gasteiger partial charge in [0.15, 0.2) is 0 Å². The zero-order chi connectivity index (χ0) is 8.97. The number of hydrogen-bond donors (Lipinski definition) is 1. The average molecular weight is 167 g/mol. The molecule has 1 aliphatic heterocycles. The molecular formula is C10H17NO. The van der Waals surface area contributed by atoms with Gasteiger partial charge >= 0.3 is 0 Å². The summed E-state index contributed by atoms with van der Waals surface area (Å²) in [5.41, 5.74) is 0. The minimum Gasteiger partial charge on any atom is -0.391 e. The number of likely N-dealkylation sites (tertiary alicyclic amines) is 1. The van der Waals surface area contributed by atoms with Crippen LogP contribution in [0.4, 0.5) is 0 Å². The van der Waals surface area contributed by atoms with E-state index in [4.69, 9.17) is 0 Å². The monoisotopic (exact) mass is 167 g/mol. The van der Waals surface area contributed by atoms with E-state index in [9.17, 15) is 5.11 Å². The van der Waals surface area contributed by atoms with Gasteiger partial charge in [0.2, 0.25) is 0 Å². The molecule has 1 fully saturated rings. The summed E-state index contributed by atoms with van der Waals surface area (Å²) in [6.45, 7) is 9.30. The van der Waals surface area contributed by atoms with Gasteiger partial charge < -0.3 is 5.11 Å². The highest BCUT2D eigenvalue weighted by atomic mass is 16.3. The lowest BCUT2D eigenvalue weighted by Gasteiger charge is -2.36. The number of nitrogens with zero attached hydrogens (tertiary/aromatic N) is 1. The van der Waals surface area contributed by atoms with Crippen LogP contribution in [0.3, 0.4) is 0 Å². The van der Waals surface area contributed by atoms with Crippen LogP contribution >= 0.6 is 0 Å². The van der Waals surface area contributed by atoms with Gasteiger partial charge in [-0.05, 0) is 19.4 Å². The van der Waals surface area contributed by atoms with Gasteiger partial charge in [0.25, 0.3) is 0 Å². The Balaban J connectivity index is 2.56. The van der Waals surface area contributed by atoms with Gasteiger partial charge in [-0.3, -0.25) is 4.90 Å². The van der Waals surface area contributed by atoms with Gasteiger partial charge in [0.05, 0.1) is 12.1 Å². The van der Waals surface area contributed by atoms with Crippen molar-refractivity contribution < 1.29 is 5.11 Å². The first-order valence-electron chi connectivity index (χ1n) is 4.45. The van der Waals surface area contributed by atoms with Gasteiger partial charge in [-0.1, -0.05) is 12.2 Å². The maximum absolute atomic E-state index is 9.62. The van der Waals surface area contributed by atoms with E-state index in [0.29, 0.717) is 0 Å². The van der Waals surface area contributed by atoms with Crippen LogP contribution < -0.4 is 0 Å². The SMILES string of the molecule is C=CCN1CCC[C@@H](O)[C@@H]1C=C. The molecule has 0 radical (unpaired) electrons. The van der Waals surface area contributed by atoms with Crippen molar-refractivity contribution in [2.24, 2.45) is 0 Å². The van der Waals surface area contributed by atoms with E-state index < -0.39 is 0 Å². The van der Waals surface area contributed by atoms with Crippen LogP contribution in [0.15, 0.2) is 25.3 Å². The lowest BCUT2D eigenvalue weighted by Crippen LogP contribution is -2.46. The Bertz CT molecular complexity index is 167. The molecule has 1 heterocycles. The fourth-order valence-electron chi connectivity index (χ4n) is 1.75. The summed E-state index contributed by atoms with van der Waals surface area (Å²) in [6, 6.07) is 0.122. The Kier molecular flexibility index (Phi) is 3.50. The zero-order valence-corrected chi connectivity index (χ0v) is 7.45. The molecule has 0 aromatic carbocycles. The molecule has 0 bridgehead atoms. The lowest BCUT2D eigenvalue weighted by molar-refractivity contribution is 0.0404. The Hall–Kier alpha value is -0.600. The highest BCUT2D eigenvalue weighted by Crippen LogP contribution is 2.17. The fourth-order valence-corrected chi connectivity index (χ4v) is 1.75. The molecule has 2 heteroatoms. The average Bonchev–Trinajstić information content (AvgIpc) is 2.05. The third-order valence-corrected chi connectivity index (χ3v) is 2.37. The predicted molar refractivity (Wildman–Crippen MR) is 51.0 cm³/mol. The number of hydrogen-bond acceptors (Lipinski definition) is 2. The van der Waals surface area contributed by atoms with Crippen molar-refractivity contribution in [2.45, 2.75) is 25.0 Å². The molecule has 1 aliphatic rings. The van der Waals surface area contributed by atoms with Gasteiger partial charge in [-0.15, -0.1) is 13.2 Å². The van der Waals surface area contributed by atoms with E-state index in [2.05, 4.69) is 18.1 Å². The van der Waals surface area contributed by atoms with Crippen molar-refractivity contribution in [2.75, 3.05) is 13.1 Å². The molecule has 0 aromatic rings. The molecule has 0 unspecified atom stereocenters. The molecule has 0 aromatic heterocycles. The summed E-state index contributed by atoms with van der Waals surface area (Å²) in [4.78, 5) is 2.20. The van der Waals surface area contributed by atoms with Gasteiger partial charge in [-0.2, -0.15) is 0 Å². The minimum atomic E-state index is -0.240. The second-order valence-electron chi connectivity index (χ2n) is 3.22. The second kappa shape index (κ2) is 4.43. The predicted octanol–water partition coefficient (Wildman–Crippen LogP) is 1.18. The Morgan fingerprint density at radius 3 is 2.83 bits per heavy atom. The van der Waals surface area contributed by atoms with E-state index >= 15 is 0 Å². The smallest absolute Gasteiger partial charge is 0.0731 e. The molecule has 0 spiro atoms. The molecule has 2 atom stereocenters. The molecular weight excluding hydrogens is 150 g/mol. The van der Waals surface area contributed by atoms with Crippen LogP contribution in [0.1, 0.15) is 12.8 Å². The molecule has 68 valence electrons. The topological polar surface area (TPSA) is 23.5 Å². The van der Waals surface area contributed by atoms with E-state index in [0.717, 1.165) is 25.9 Å². The van der Waals surface area contributed by atoms with E-state index in [1.165, 1.54) is 0 Å². The second-order valence-corrected chi connectivity index (χ2v) is 3.22. The molecule has 0 amide bonds. The van der Waals surface area contributed by atoms with Gasteiger partial charge in [0, 0.05) is 6.54 Å². The zero-order valence-electron chi connectivity index (χ0n) is 7.45. The summed E-state index contributed by atoms with van der Waals surface area (Å²) in [5, 5.41) is 9.62. The van der Waals surface area contributed by atoms with E-state index in [1.54, 1.807) is 0 Å². The van der Waals surface area contributed by atoms with Crippen LogP contribution in [-0.2, 0) is 0 Å². The van der Waals surface area contributed by atoms with Crippen molar-refractivity contribution in [3.63, 3.8) is 0 Å². The van der Waals surface area contributed by atoms with Crippen LogP contribution in [0.5, 0.6) is 0 Å². The molecule has 1 saturated heterocycles. The first kappa shape index (κ1) is 9.49. The summed E-state index contributed by atoms with van der Waals surface area (Å²) in [7, 11) is 0. The van der Waals surface area contributed by atoms with Crippen LogP contribution in [-0.4, -0.2) is 35.2 Å². The van der Waals surface area contributed by atoms with Crippen LogP contribution in [0.25, 0.3) is 0 Å². The van der Waals surface area contributed by atoms with Crippen molar-refractivity contribution >= 4 is 0 Å². The van der Waals surface area contributed by atoms with Crippen molar-refractivity contribution in [3.05, 3.63) is 25.3 Å². The third kappa shape index (κ3) is 1.96. The number of aliphatic hydroxyl groups is 1. The van der Waals surface area contributed by atoms with Crippen molar-refractivity contribution in [1.82, 2.24) is 4.90 Å². The quantitative estimate of drug-likeness (QED) is 0.638. The first-order chi connectivity index (χ1) is 5.79. The lowest BCUT2D eigenvalue weighted by atomic mass is 9.99. The largest absolute Gasteiger partial charge is 0.391 e. The van der Waals surface area contributed by atoms with Crippen molar-refractivity contribution in [3.8, 4) is 0 Å². The number of aliphatic hydroxyl groups excluding tert-OH is 1. The highest BCUT2D eigenvalue weighted by Gasteiger charge is 2.26. The summed E-state index contributed by atoms with van der Waals surface area (Å²) < 4.78 is 0. The third-order valence-electron chi connectivity index (χ3n) is 2.37. The van der Waals surface area contributed by atoms with Gasteiger partial charge in [-0.25, -0.2) is 0 Å². The molecule has 1 rings (SSSR count). The molecule has 12 heavy (non-hydrogen) atoms. The summed E-state index contributed by atoms with van der Waals surface area (Å²) in [5.74, 6) is 0. The highest BCUT2D eigenvalue weighted by molar-refractivity contribution is 4.97. The molecule has 2 nitrogen and oxygen atoms in total. The molecule has 0 saturated carbocycles. The Labute approximate surface area is 74.2 Å². The summed E-state index contributed by atoms with van der Waals surface area (Å²) >= 11 is 0. The molecule has 1 N–H and O–H groups in total. The normalized spacial score (nSPS) is 31.4. The number of piperidine rings is 1. The minimum absolute atomic E-state index is 0.122. The van der Waals surface area contributed by atoms with Crippen LogP contribution in [0.2, 0.25) is 0 Å². The fraction of sp³-hybridized carbons (Fsp3) is 0.600. The first-order valence-corrected chi connectivity index (χ1v) is 4.45. The van der Waals surface area contributed by atoms with Crippen LogP contribution in [0, 0.1) is 0 Å². The Morgan fingerprint density at radius 2 is 2.25 bits per heavy atom.